The van der Waals surface area contributed by atoms with Crippen LogP contribution in [0.25, 0.3) is 0 Å². The lowest BCUT2D eigenvalue weighted by Crippen LogP contribution is -2.25. The molecule has 1 aromatic heterocycles. The minimum atomic E-state index is -3.60. The van der Waals surface area contributed by atoms with Crippen molar-refractivity contribution in [3.63, 3.8) is 0 Å². The lowest BCUT2D eigenvalue weighted by atomic mass is 10.5. The Bertz CT molecular complexity index is 443. The molecule has 16 heavy (non-hydrogen) atoms. The van der Waals surface area contributed by atoms with Gasteiger partial charge in [0.05, 0.1) is 21.9 Å². The van der Waals surface area contributed by atoms with E-state index in [2.05, 4.69) is 15.9 Å². The van der Waals surface area contributed by atoms with Crippen molar-refractivity contribution in [1.29, 1.82) is 0 Å². The predicted molar refractivity (Wildman–Crippen MR) is 64.9 cm³/mol. The van der Waals surface area contributed by atoms with Crippen LogP contribution in [-0.4, -0.2) is 28.7 Å². The van der Waals surface area contributed by atoms with Gasteiger partial charge in [0.15, 0.2) is 0 Å². The second kappa shape index (κ2) is 6.08. The number of halogens is 1. The predicted octanol–water partition coefficient (Wildman–Crippen LogP) is 1.68. The van der Waals surface area contributed by atoms with Gasteiger partial charge >= 0.3 is 0 Å². The molecule has 0 radical (unpaired) electrons. The largest absolute Gasteiger partial charge is 0.382 e. The standard InChI is InChI=1S/C8H12BrNO4S2/c1-6-7(5-8(9)15-6)16(11,12)10-14-4-3-13-2/h5,10H,3-4H2,1-2H3. The summed E-state index contributed by atoms with van der Waals surface area (Å²) in [6.07, 6.45) is 0. The van der Waals surface area contributed by atoms with Crippen molar-refractivity contribution >= 4 is 37.3 Å². The van der Waals surface area contributed by atoms with Gasteiger partial charge in [0.25, 0.3) is 10.0 Å². The Morgan fingerprint density at radius 3 is 2.69 bits per heavy atom. The Hall–Kier alpha value is 0.01000. The molecular formula is C8H12BrNO4S2. The number of thiophene rings is 1. The van der Waals surface area contributed by atoms with Crippen molar-refractivity contribution in [3.05, 3.63) is 14.7 Å². The zero-order valence-corrected chi connectivity index (χ0v) is 12.0. The molecule has 8 heteroatoms. The van der Waals surface area contributed by atoms with E-state index in [1.165, 1.54) is 18.4 Å². The third-order valence-corrected chi connectivity index (χ3v) is 4.71. The fourth-order valence-corrected chi connectivity index (χ4v) is 4.23. The van der Waals surface area contributed by atoms with E-state index in [0.717, 1.165) is 3.79 Å². The maximum Gasteiger partial charge on any atom is 0.263 e. The normalized spacial score (nSPS) is 11.9. The molecule has 1 N–H and O–H groups in total. The molecule has 0 aromatic carbocycles. The van der Waals surface area contributed by atoms with Crippen LogP contribution in [0.3, 0.4) is 0 Å². The average Bonchev–Trinajstić information content (AvgIpc) is 2.53. The summed E-state index contributed by atoms with van der Waals surface area (Å²) in [5, 5.41) is 0. The molecule has 0 aliphatic carbocycles. The second-order valence-corrected chi connectivity index (χ2v) is 7.15. The maximum atomic E-state index is 11.7. The first-order chi connectivity index (χ1) is 7.47. The smallest absolute Gasteiger partial charge is 0.263 e. The Morgan fingerprint density at radius 1 is 1.50 bits per heavy atom. The second-order valence-electron chi connectivity index (χ2n) is 2.90. The molecule has 1 rings (SSSR count). The summed E-state index contributed by atoms with van der Waals surface area (Å²) in [5.41, 5.74) is 0. The maximum absolute atomic E-state index is 11.7. The number of methoxy groups -OCH3 is 1. The lowest BCUT2D eigenvalue weighted by molar-refractivity contribution is 0.0438. The fourth-order valence-electron chi connectivity index (χ4n) is 0.987. The first-order valence-corrected chi connectivity index (χ1v) is 7.45. The molecule has 1 aromatic rings. The van der Waals surface area contributed by atoms with E-state index >= 15 is 0 Å². The molecule has 0 unspecified atom stereocenters. The highest BCUT2D eigenvalue weighted by Crippen LogP contribution is 2.29. The minimum absolute atomic E-state index is 0.167. The number of aryl methyl sites for hydroxylation is 1. The highest BCUT2D eigenvalue weighted by atomic mass is 79.9. The van der Waals surface area contributed by atoms with E-state index in [4.69, 9.17) is 9.57 Å². The summed E-state index contributed by atoms with van der Waals surface area (Å²) in [6.45, 7) is 2.23. The molecule has 0 saturated carbocycles. The van der Waals surface area contributed by atoms with E-state index in [9.17, 15) is 8.42 Å². The number of rotatable bonds is 6. The first-order valence-electron chi connectivity index (χ1n) is 4.36. The zero-order chi connectivity index (χ0) is 12.2. The molecule has 0 aliphatic rings. The summed E-state index contributed by atoms with van der Waals surface area (Å²) in [7, 11) is -2.09. The molecule has 0 fully saturated rings. The summed E-state index contributed by atoms with van der Waals surface area (Å²) < 4.78 is 29.0. The first kappa shape index (κ1) is 14.1. The van der Waals surface area contributed by atoms with Crippen LogP contribution in [-0.2, 0) is 19.6 Å². The molecule has 0 spiro atoms. The Kier molecular flexibility index (Phi) is 5.35. The van der Waals surface area contributed by atoms with E-state index in [-0.39, 0.29) is 11.5 Å². The number of sulfonamides is 1. The van der Waals surface area contributed by atoms with Gasteiger partial charge in [-0.15, -0.1) is 11.3 Å². The fraction of sp³-hybridized carbons (Fsp3) is 0.500. The molecule has 5 nitrogen and oxygen atoms in total. The lowest BCUT2D eigenvalue weighted by Gasteiger charge is -2.05. The van der Waals surface area contributed by atoms with Gasteiger partial charge in [-0.1, -0.05) is 4.89 Å². The van der Waals surface area contributed by atoms with Gasteiger partial charge in [-0.05, 0) is 28.9 Å². The van der Waals surface area contributed by atoms with Gasteiger partial charge in [0.1, 0.15) is 0 Å². The SMILES string of the molecule is COCCONS(=O)(=O)c1cc(Br)sc1C. The van der Waals surface area contributed by atoms with Crippen LogP contribution in [0, 0.1) is 6.92 Å². The van der Waals surface area contributed by atoms with Crippen molar-refractivity contribution in [1.82, 2.24) is 4.89 Å². The molecule has 0 aliphatic heterocycles. The third kappa shape index (κ3) is 3.79. The summed E-state index contributed by atoms with van der Waals surface area (Å²) in [5.74, 6) is 0. The highest BCUT2D eigenvalue weighted by Gasteiger charge is 2.19. The van der Waals surface area contributed by atoms with Crippen LogP contribution in [0.2, 0.25) is 0 Å². The number of nitrogens with one attached hydrogen (secondary N) is 1. The quantitative estimate of drug-likeness (QED) is 0.637. The Morgan fingerprint density at radius 2 is 2.19 bits per heavy atom. The van der Waals surface area contributed by atoms with Crippen LogP contribution in [0.1, 0.15) is 4.88 Å². The van der Waals surface area contributed by atoms with Crippen LogP contribution in [0.4, 0.5) is 0 Å². The van der Waals surface area contributed by atoms with E-state index in [1.54, 1.807) is 13.0 Å². The highest BCUT2D eigenvalue weighted by molar-refractivity contribution is 9.11. The van der Waals surface area contributed by atoms with Crippen LogP contribution < -0.4 is 4.89 Å². The van der Waals surface area contributed by atoms with Crippen molar-refractivity contribution in [2.75, 3.05) is 20.3 Å². The third-order valence-electron chi connectivity index (χ3n) is 1.69. The monoisotopic (exact) mass is 329 g/mol. The van der Waals surface area contributed by atoms with Crippen molar-refractivity contribution in [2.24, 2.45) is 0 Å². The average molecular weight is 330 g/mol. The molecule has 0 atom stereocenters. The van der Waals surface area contributed by atoms with Crippen LogP contribution in [0.5, 0.6) is 0 Å². The topological polar surface area (TPSA) is 64.6 Å². The van der Waals surface area contributed by atoms with Crippen molar-refractivity contribution in [3.8, 4) is 0 Å². The summed E-state index contributed by atoms with van der Waals surface area (Å²) in [6, 6.07) is 1.54. The van der Waals surface area contributed by atoms with Gasteiger partial charge in [-0.25, -0.2) is 8.42 Å². The number of hydrogen-bond donors (Lipinski definition) is 1. The van der Waals surface area contributed by atoms with E-state index in [1.807, 2.05) is 4.89 Å². The van der Waals surface area contributed by atoms with Gasteiger partial charge in [0.2, 0.25) is 0 Å². The number of ether oxygens (including phenoxy) is 1. The van der Waals surface area contributed by atoms with Gasteiger partial charge in [-0.3, -0.25) is 4.84 Å². The van der Waals surface area contributed by atoms with Crippen LogP contribution >= 0.6 is 27.3 Å². The van der Waals surface area contributed by atoms with Gasteiger partial charge in [0, 0.05) is 12.0 Å². The summed E-state index contributed by atoms with van der Waals surface area (Å²) in [4.78, 5) is 7.75. The number of hydrogen-bond acceptors (Lipinski definition) is 5. The van der Waals surface area contributed by atoms with E-state index < -0.39 is 10.0 Å². The van der Waals surface area contributed by atoms with E-state index in [0.29, 0.717) is 11.5 Å². The minimum Gasteiger partial charge on any atom is -0.382 e. The molecule has 0 amide bonds. The molecule has 0 bridgehead atoms. The molecule has 1 heterocycles. The molecule has 0 saturated heterocycles. The molecular weight excluding hydrogens is 318 g/mol. The van der Waals surface area contributed by atoms with Gasteiger partial charge in [-0.2, -0.15) is 0 Å². The molecule has 92 valence electrons. The Labute approximate surface area is 107 Å². The Balaban J connectivity index is 2.67. The van der Waals surface area contributed by atoms with Crippen molar-refractivity contribution < 1.29 is 18.0 Å². The zero-order valence-electron chi connectivity index (χ0n) is 8.82. The van der Waals surface area contributed by atoms with Crippen LogP contribution in [0.15, 0.2) is 14.7 Å². The van der Waals surface area contributed by atoms with Crippen molar-refractivity contribution in [2.45, 2.75) is 11.8 Å². The van der Waals surface area contributed by atoms with Gasteiger partial charge < -0.3 is 4.74 Å². The summed E-state index contributed by atoms with van der Waals surface area (Å²) >= 11 is 4.59.